The highest BCUT2D eigenvalue weighted by molar-refractivity contribution is 5.96. The molecule has 140 valence electrons. The van der Waals surface area contributed by atoms with Gasteiger partial charge < -0.3 is 15.2 Å². The van der Waals surface area contributed by atoms with Crippen LogP contribution < -0.4 is 10.1 Å². The van der Waals surface area contributed by atoms with Gasteiger partial charge in [-0.2, -0.15) is 5.10 Å². The summed E-state index contributed by atoms with van der Waals surface area (Å²) in [6.07, 6.45) is 1.86. The Morgan fingerprint density at radius 3 is 2.63 bits per heavy atom. The zero-order valence-corrected chi connectivity index (χ0v) is 15.0. The number of rotatable bonds is 5. The van der Waals surface area contributed by atoms with Crippen LogP contribution in [0.5, 0.6) is 5.75 Å². The molecule has 1 amide bonds. The average molecular weight is 368 g/mol. The van der Waals surface area contributed by atoms with E-state index < -0.39 is 0 Å². The van der Waals surface area contributed by atoms with Gasteiger partial charge in [-0.25, -0.2) is 0 Å². The SMILES string of the molecule is COc1ccccc1-c1c(NC(=O)Cc2ccccn2)n[nH]c1C.O=CO. The summed E-state index contributed by atoms with van der Waals surface area (Å²) < 4.78 is 5.42. The van der Waals surface area contributed by atoms with Crippen LogP contribution in [0.2, 0.25) is 0 Å². The van der Waals surface area contributed by atoms with Gasteiger partial charge in [0.2, 0.25) is 5.91 Å². The Morgan fingerprint density at radius 1 is 1.26 bits per heavy atom. The van der Waals surface area contributed by atoms with Crippen LogP contribution in [0.15, 0.2) is 48.7 Å². The molecule has 2 heterocycles. The van der Waals surface area contributed by atoms with Crippen molar-refractivity contribution >= 4 is 18.2 Å². The lowest BCUT2D eigenvalue weighted by molar-refractivity contribution is -0.123. The summed E-state index contributed by atoms with van der Waals surface area (Å²) in [5.74, 6) is 1.04. The topological polar surface area (TPSA) is 117 Å². The molecule has 2 aromatic heterocycles. The molecule has 3 N–H and O–H groups in total. The Hall–Kier alpha value is -3.68. The number of methoxy groups -OCH3 is 1. The fourth-order valence-electron chi connectivity index (χ4n) is 2.54. The van der Waals surface area contributed by atoms with Crippen molar-refractivity contribution in [1.29, 1.82) is 0 Å². The standard InChI is InChI=1S/C18H18N4O2.CH2O2/c1-12-17(14-8-3-4-9-15(14)24-2)18(22-21-12)20-16(23)11-13-7-5-6-10-19-13;2-1-3/h3-10H,11H2,1-2H3,(H2,20,21,22,23);1H,(H,2,3). The van der Waals surface area contributed by atoms with E-state index in [-0.39, 0.29) is 18.8 Å². The maximum atomic E-state index is 12.3. The van der Waals surface area contributed by atoms with Crippen LogP contribution in [0, 0.1) is 6.92 Å². The van der Waals surface area contributed by atoms with E-state index in [9.17, 15) is 4.79 Å². The first kappa shape index (κ1) is 19.6. The molecule has 0 saturated carbocycles. The van der Waals surface area contributed by atoms with Gasteiger partial charge in [0, 0.05) is 23.1 Å². The number of nitrogens with one attached hydrogen (secondary N) is 2. The third-order valence-electron chi connectivity index (χ3n) is 3.65. The third kappa shape index (κ3) is 5.15. The highest BCUT2D eigenvalue weighted by Gasteiger charge is 2.18. The number of hydrogen-bond acceptors (Lipinski definition) is 5. The lowest BCUT2D eigenvalue weighted by atomic mass is 10.0. The van der Waals surface area contributed by atoms with Gasteiger partial charge in [-0.05, 0) is 25.1 Å². The molecule has 1 aromatic carbocycles. The quantitative estimate of drug-likeness (QED) is 0.596. The van der Waals surface area contributed by atoms with Crippen molar-refractivity contribution in [3.8, 4) is 16.9 Å². The predicted octanol–water partition coefficient (Wildman–Crippen LogP) is 2.67. The van der Waals surface area contributed by atoms with Gasteiger partial charge in [0.1, 0.15) is 5.75 Å². The molecule has 0 aliphatic carbocycles. The summed E-state index contributed by atoms with van der Waals surface area (Å²) >= 11 is 0. The Labute approximate surface area is 156 Å². The van der Waals surface area contributed by atoms with Crippen molar-refractivity contribution in [2.24, 2.45) is 0 Å². The average Bonchev–Trinajstić information content (AvgIpc) is 3.03. The van der Waals surface area contributed by atoms with Crippen LogP contribution in [0.1, 0.15) is 11.4 Å². The molecule has 0 fully saturated rings. The number of amides is 1. The van der Waals surface area contributed by atoms with E-state index in [1.54, 1.807) is 13.3 Å². The number of hydrogen-bond donors (Lipinski definition) is 3. The number of aromatic amines is 1. The molecule has 0 atom stereocenters. The minimum absolute atomic E-state index is 0.170. The Kier molecular flexibility index (Phi) is 7.07. The normalized spacial score (nSPS) is 9.70. The Balaban J connectivity index is 0.000000817. The molecule has 0 unspecified atom stereocenters. The molecule has 8 nitrogen and oxygen atoms in total. The summed E-state index contributed by atoms with van der Waals surface area (Å²) in [7, 11) is 1.62. The molecule has 0 aliphatic heterocycles. The van der Waals surface area contributed by atoms with E-state index in [1.165, 1.54) is 0 Å². The fourth-order valence-corrected chi connectivity index (χ4v) is 2.54. The number of ether oxygens (including phenoxy) is 1. The molecule has 8 heteroatoms. The number of carboxylic acid groups (broad SMARTS) is 1. The first-order chi connectivity index (χ1) is 13.1. The second kappa shape index (κ2) is 9.71. The van der Waals surface area contributed by atoms with Crippen molar-refractivity contribution in [3.05, 3.63) is 60.0 Å². The van der Waals surface area contributed by atoms with Gasteiger partial charge in [-0.3, -0.25) is 19.7 Å². The Morgan fingerprint density at radius 2 is 1.96 bits per heavy atom. The van der Waals surface area contributed by atoms with E-state index in [0.29, 0.717) is 11.5 Å². The molecule has 3 aromatic rings. The predicted molar refractivity (Wildman–Crippen MR) is 101 cm³/mol. The van der Waals surface area contributed by atoms with Crippen LogP contribution in [0.3, 0.4) is 0 Å². The number of carbonyl (C=O) groups is 2. The number of aryl methyl sites for hydroxylation is 1. The molecule has 0 aliphatic rings. The summed E-state index contributed by atoms with van der Waals surface area (Å²) in [5, 5.41) is 16.9. The molecular formula is C19H20N4O4. The number of aromatic nitrogens is 3. The number of carbonyl (C=O) groups excluding carboxylic acids is 1. The number of pyridine rings is 1. The first-order valence-electron chi connectivity index (χ1n) is 8.06. The number of benzene rings is 1. The monoisotopic (exact) mass is 368 g/mol. The summed E-state index contributed by atoms with van der Waals surface area (Å²) in [6, 6.07) is 13.1. The molecule has 0 radical (unpaired) electrons. The smallest absolute Gasteiger partial charge is 0.290 e. The van der Waals surface area contributed by atoms with Gasteiger partial charge in [0.25, 0.3) is 6.47 Å². The van der Waals surface area contributed by atoms with Gasteiger partial charge >= 0.3 is 0 Å². The van der Waals surface area contributed by atoms with E-state index >= 15 is 0 Å². The molecular weight excluding hydrogens is 348 g/mol. The van der Waals surface area contributed by atoms with E-state index in [0.717, 1.165) is 22.6 Å². The lowest BCUT2D eigenvalue weighted by Crippen LogP contribution is -2.16. The second-order valence-electron chi connectivity index (χ2n) is 5.42. The molecule has 3 rings (SSSR count). The second-order valence-corrected chi connectivity index (χ2v) is 5.42. The van der Waals surface area contributed by atoms with Crippen molar-refractivity contribution in [2.75, 3.05) is 12.4 Å². The maximum absolute atomic E-state index is 12.3. The third-order valence-corrected chi connectivity index (χ3v) is 3.65. The number of para-hydroxylation sites is 1. The molecule has 0 spiro atoms. The molecule has 0 saturated heterocycles. The summed E-state index contributed by atoms with van der Waals surface area (Å²) in [5.41, 5.74) is 3.26. The number of anilines is 1. The van der Waals surface area contributed by atoms with Crippen LogP contribution in [0.25, 0.3) is 11.1 Å². The highest BCUT2D eigenvalue weighted by Crippen LogP contribution is 2.35. The van der Waals surface area contributed by atoms with Gasteiger partial charge in [0.15, 0.2) is 5.82 Å². The summed E-state index contributed by atoms with van der Waals surface area (Å²) in [4.78, 5) is 24.8. The number of H-pyrrole nitrogens is 1. The van der Waals surface area contributed by atoms with E-state index in [1.807, 2.05) is 49.4 Å². The van der Waals surface area contributed by atoms with Gasteiger partial charge in [0.05, 0.1) is 19.1 Å². The van der Waals surface area contributed by atoms with Crippen LogP contribution in [-0.2, 0) is 16.0 Å². The lowest BCUT2D eigenvalue weighted by Gasteiger charge is -2.10. The maximum Gasteiger partial charge on any atom is 0.290 e. The minimum atomic E-state index is -0.250. The summed E-state index contributed by atoms with van der Waals surface area (Å²) in [6.45, 7) is 1.66. The van der Waals surface area contributed by atoms with Crippen molar-refractivity contribution < 1.29 is 19.4 Å². The minimum Gasteiger partial charge on any atom is -0.496 e. The molecule has 27 heavy (non-hydrogen) atoms. The van der Waals surface area contributed by atoms with E-state index in [4.69, 9.17) is 14.6 Å². The molecule has 0 bridgehead atoms. The van der Waals surface area contributed by atoms with E-state index in [2.05, 4.69) is 20.5 Å². The zero-order valence-electron chi connectivity index (χ0n) is 15.0. The zero-order chi connectivity index (χ0) is 19.6. The Bertz CT molecular complexity index is 894. The largest absolute Gasteiger partial charge is 0.496 e. The van der Waals surface area contributed by atoms with Crippen molar-refractivity contribution in [3.63, 3.8) is 0 Å². The van der Waals surface area contributed by atoms with Gasteiger partial charge in [-0.1, -0.05) is 24.3 Å². The van der Waals surface area contributed by atoms with Crippen LogP contribution in [0.4, 0.5) is 5.82 Å². The van der Waals surface area contributed by atoms with Crippen LogP contribution in [-0.4, -0.2) is 39.8 Å². The highest BCUT2D eigenvalue weighted by atomic mass is 16.5. The first-order valence-corrected chi connectivity index (χ1v) is 8.06. The number of nitrogens with zero attached hydrogens (tertiary/aromatic N) is 2. The van der Waals surface area contributed by atoms with Crippen LogP contribution >= 0.6 is 0 Å². The van der Waals surface area contributed by atoms with Crippen molar-refractivity contribution in [1.82, 2.24) is 15.2 Å². The van der Waals surface area contributed by atoms with Gasteiger partial charge in [-0.15, -0.1) is 0 Å². The fraction of sp³-hybridized carbons (Fsp3) is 0.158. The van der Waals surface area contributed by atoms with Crippen molar-refractivity contribution in [2.45, 2.75) is 13.3 Å².